The number of carbonyl (C=O) groups is 1. The van der Waals surface area contributed by atoms with Crippen LogP contribution < -0.4 is 0 Å². The molecule has 2 N–H and O–H groups in total. The van der Waals surface area contributed by atoms with Crippen LogP contribution >= 0.6 is 0 Å². The first kappa shape index (κ1) is 31.0. The summed E-state index contributed by atoms with van der Waals surface area (Å²) >= 11 is 0. The minimum Gasteiger partial charge on any atom is -0.480 e. The second kappa shape index (κ2) is 30.0. The van der Waals surface area contributed by atoms with Gasteiger partial charge in [0.15, 0.2) is 0 Å². The predicted octanol–water partition coefficient (Wildman–Crippen LogP) is 0.770. The fourth-order valence-corrected chi connectivity index (χ4v) is 1.51. The van der Waals surface area contributed by atoms with Crippen LogP contribution in [0.4, 0.5) is 0 Å². The Labute approximate surface area is 180 Å². The molecule has 0 aromatic rings. The number of azide groups is 2. The van der Waals surface area contributed by atoms with Gasteiger partial charge in [-0.3, -0.25) is 0 Å². The van der Waals surface area contributed by atoms with Crippen molar-refractivity contribution in [1.82, 2.24) is 0 Å². The molecule has 0 heterocycles. The molecule has 0 saturated carbocycles. The zero-order chi connectivity index (χ0) is 23.3. The highest BCUT2D eigenvalue weighted by molar-refractivity contribution is 5.67. The van der Waals surface area contributed by atoms with E-state index in [-0.39, 0.29) is 19.8 Å². The van der Waals surface area contributed by atoms with Gasteiger partial charge in [-0.15, -0.1) is 0 Å². The lowest BCUT2D eigenvalue weighted by molar-refractivity contribution is -0.142. The van der Waals surface area contributed by atoms with Gasteiger partial charge in [0.2, 0.25) is 0 Å². The van der Waals surface area contributed by atoms with E-state index in [4.69, 9.17) is 49.7 Å². The highest BCUT2D eigenvalue weighted by Gasteiger charge is 1.95. The third-order valence-electron chi connectivity index (χ3n) is 2.75. The lowest BCUT2D eigenvalue weighted by atomic mass is 10.7. The molecule has 0 fully saturated rings. The summed E-state index contributed by atoms with van der Waals surface area (Å²) in [7, 11) is 0. The van der Waals surface area contributed by atoms with Crippen molar-refractivity contribution in [3.05, 3.63) is 20.9 Å². The van der Waals surface area contributed by atoms with Crippen LogP contribution in [0.3, 0.4) is 0 Å². The van der Waals surface area contributed by atoms with Crippen molar-refractivity contribution < 1.29 is 43.4 Å². The molecular weight excluding hydrogens is 420 g/mol. The van der Waals surface area contributed by atoms with Gasteiger partial charge in [-0.05, 0) is 11.1 Å². The number of rotatable bonds is 22. The quantitative estimate of drug-likeness (QED) is 0.103. The summed E-state index contributed by atoms with van der Waals surface area (Å²) in [6.45, 7) is 4.76. The summed E-state index contributed by atoms with van der Waals surface area (Å²) in [6, 6.07) is 0. The van der Waals surface area contributed by atoms with Crippen LogP contribution in [0.5, 0.6) is 0 Å². The largest absolute Gasteiger partial charge is 0.480 e. The molecule has 0 aromatic carbocycles. The fraction of sp³-hybridized carbons (Fsp3) is 0.938. The Morgan fingerprint density at radius 2 is 1.00 bits per heavy atom. The van der Waals surface area contributed by atoms with Crippen molar-refractivity contribution in [2.45, 2.75) is 0 Å². The normalized spacial score (nSPS) is 9.84. The van der Waals surface area contributed by atoms with E-state index in [1.54, 1.807) is 0 Å². The number of carboxylic acid groups (broad SMARTS) is 1. The maximum Gasteiger partial charge on any atom is 0.329 e. The fourth-order valence-electron chi connectivity index (χ4n) is 1.51. The summed E-state index contributed by atoms with van der Waals surface area (Å²) in [5.41, 5.74) is 15.9. The maximum absolute atomic E-state index is 10.0. The lowest BCUT2D eigenvalue weighted by Crippen LogP contribution is -2.13. The highest BCUT2D eigenvalue weighted by atomic mass is 16.6. The van der Waals surface area contributed by atoms with Crippen LogP contribution in [0.2, 0.25) is 0 Å². The first-order valence-corrected chi connectivity index (χ1v) is 9.49. The number of carboxylic acids is 1. The number of aliphatic hydroxyl groups is 1. The van der Waals surface area contributed by atoms with E-state index in [9.17, 15) is 4.79 Å². The number of hydrogen-bond acceptors (Lipinski definition) is 10. The third kappa shape index (κ3) is 35.6. The number of aliphatic hydroxyl groups excluding tert-OH is 1. The lowest BCUT2D eigenvalue weighted by Gasteiger charge is -2.04. The van der Waals surface area contributed by atoms with Gasteiger partial charge in [-0.1, -0.05) is 10.2 Å². The molecule has 0 aromatic heterocycles. The number of aliphatic carboxylic acids is 1. The Bertz CT molecular complexity index is 478. The Balaban J connectivity index is 0. The van der Waals surface area contributed by atoms with E-state index >= 15 is 0 Å². The Kier molecular flexibility index (Phi) is 30.0. The van der Waals surface area contributed by atoms with Crippen LogP contribution in [-0.4, -0.2) is 115 Å². The van der Waals surface area contributed by atoms with Crippen LogP contribution in [-0.2, 0) is 33.2 Å². The van der Waals surface area contributed by atoms with E-state index in [1.807, 2.05) is 0 Å². The number of nitrogens with zero attached hydrogens (tertiary/aromatic N) is 6. The molecule has 31 heavy (non-hydrogen) atoms. The van der Waals surface area contributed by atoms with Crippen molar-refractivity contribution in [3.63, 3.8) is 0 Å². The van der Waals surface area contributed by atoms with E-state index in [2.05, 4.69) is 20.1 Å². The monoisotopic (exact) mass is 452 g/mol. The first-order chi connectivity index (χ1) is 15.2. The van der Waals surface area contributed by atoms with Gasteiger partial charge in [-0.2, -0.15) is 0 Å². The second-order valence-corrected chi connectivity index (χ2v) is 5.14. The topological polar surface area (TPSA) is 210 Å². The number of hydrogen-bond donors (Lipinski definition) is 2. The van der Waals surface area contributed by atoms with Gasteiger partial charge in [0.1, 0.15) is 6.61 Å². The molecule has 0 rings (SSSR count). The Hall–Kier alpha value is -2.19. The molecule has 15 heteroatoms. The predicted molar refractivity (Wildman–Crippen MR) is 108 cm³/mol. The molecule has 0 aliphatic heterocycles. The maximum atomic E-state index is 10.0. The Morgan fingerprint density at radius 3 is 1.35 bits per heavy atom. The van der Waals surface area contributed by atoms with Crippen LogP contribution in [0.1, 0.15) is 0 Å². The molecule has 0 aliphatic rings. The third-order valence-corrected chi connectivity index (χ3v) is 2.75. The van der Waals surface area contributed by atoms with Crippen molar-refractivity contribution >= 4 is 5.97 Å². The van der Waals surface area contributed by atoms with Crippen molar-refractivity contribution in [2.24, 2.45) is 10.2 Å². The van der Waals surface area contributed by atoms with Gasteiger partial charge >= 0.3 is 5.97 Å². The highest BCUT2D eigenvalue weighted by Crippen LogP contribution is 1.83. The van der Waals surface area contributed by atoms with E-state index in [0.29, 0.717) is 79.2 Å². The molecular formula is C16H32N6O9. The van der Waals surface area contributed by atoms with Gasteiger partial charge in [0, 0.05) is 22.9 Å². The van der Waals surface area contributed by atoms with Gasteiger partial charge in [-0.25, -0.2) is 4.79 Å². The van der Waals surface area contributed by atoms with Crippen LogP contribution in [0.15, 0.2) is 10.2 Å². The SMILES string of the molecule is [N-]=[N+]=NCCOCCOCCOCC(=O)O.[N-]=[N+]=NCCOCCOCCOCCO. The summed E-state index contributed by atoms with van der Waals surface area (Å²) in [6.07, 6.45) is 0. The van der Waals surface area contributed by atoms with Gasteiger partial charge in [0.25, 0.3) is 0 Å². The summed E-state index contributed by atoms with van der Waals surface area (Å²) in [5.74, 6) is -0.999. The van der Waals surface area contributed by atoms with Gasteiger partial charge < -0.3 is 38.6 Å². The molecule has 0 aliphatic carbocycles. The van der Waals surface area contributed by atoms with Crippen molar-refractivity contribution in [1.29, 1.82) is 0 Å². The average molecular weight is 452 g/mol. The van der Waals surface area contributed by atoms with E-state index in [0.717, 1.165) is 0 Å². The van der Waals surface area contributed by atoms with Crippen LogP contribution in [0, 0.1) is 0 Å². The smallest absolute Gasteiger partial charge is 0.329 e. The van der Waals surface area contributed by atoms with E-state index in [1.165, 1.54) is 0 Å². The first-order valence-electron chi connectivity index (χ1n) is 9.49. The zero-order valence-corrected chi connectivity index (χ0v) is 17.5. The summed E-state index contributed by atoms with van der Waals surface area (Å²) in [5, 5.41) is 23.2. The van der Waals surface area contributed by atoms with Crippen molar-refractivity contribution in [3.8, 4) is 0 Å². The molecule has 180 valence electrons. The Morgan fingerprint density at radius 1 is 0.645 bits per heavy atom. The summed E-state index contributed by atoms with van der Waals surface area (Å²) < 4.78 is 30.1. The minimum atomic E-state index is -0.999. The molecule has 15 nitrogen and oxygen atoms in total. The molecule has 0 atom stereocenters. The molecule has 0 radical (unpaired) electrons. The van der Waals surface area contributed by atoms with E-state index < -0.39 is 5.97 Å². The summed E-state index contributed by atoms with van der Waals surface area (Å²) in [4.78, 5) is 15.2. The van der Waals surface area contributed by atoms with Crippen molar-refractivity contribution in [2.75, 3.05) is 99.0 Å². The standard InChI is InChI=1S/C8H15N3O5.C8H17N3O4/c9-11-10-1-2-14-3-4-15-5-6-16-7-8(12)13;9-11-10-1-3-13-5-7-15-8-6-14-4-2-12/h1-7H2,(H,12,13);12H,1-8H2. The zero-order valence-electron chi connectivity index (χ0n) is 17.5. The van der Waals surface area contributed by atoms with Crippen LogP contribution in [0.25, 0.3) is 20.9 Å². The average Bonchev–Trinajstić information content (AvgIpc) is 2.76. The minimum absolute atomic E-state index is 0.0303. The second-order valence-electron chi connectivity index (χ2n) is 5.14. The molecule has 0 saturated heterocycles. The molecule has 0 amide bonds. The molecule has 0 spiro atoms. The molecule has 0 unspecified atom stereocenters. The molecule has 0 bridgehead atoms. The van der Waals surface area contributed by atoms with Gasteiger partial charge in [0.05, 0.1) is 79.3 Å². The number of ether oxygens (including phenoxy) is 6.